The molecule has 1 aromatic carbocycles. The van der Waals surface area contributed by atoms with Crippen molar-refractivity contribution in [2.45, 2.75) is 54.1 Å². The number of benzene rings is 1. The van der Waals surface area contributed by atoms with Crippen LogP contribution in [0.2, 0.25) is 0 Å². The van der Waals surface area contributed by atoms with Crippen LogP contribution in [-0.2, 0) is 14.6 Å². The van der Waals surface area contributed by atoms with E-state index in [4.69, 9.17) is 0 Å². The topological polar surface area (TPSA) is 54.5 Å². The van der Waals surface area contributed by atoms with E-state index in [1.165, 1.54) is 12.1 Å². The molecule has 2 saturated heterocycles. The zero-order valence-electron chi connectivity index (χ0n) is 12.2. The van der Waals surface area contributed by atoms with Crippen LogP contribution in [0.3, 0.4) is 0 Å². The number of alkyl halides is 3. The van der Waals surface area contributed by atoms with Gasteiger partial charge in [-0.3, -0.25) is 4.79 Å². The number of piperidine rings is 1. The highest BCUT2D eigenvalue weighted by Gasteiger charge is 2.53. The lowest BCUT2D eigenvalue weighted by molar-refractivity contribution is -0.189. The quantitative estimate of drug-likeness (QED) is 0.826. The number of carbonyl (C=O) groups excluding carboxylic acids is 1. The predicted octanol–water partition coefficient (Wildman–Crippen LogP) is 2.54. The highest BCUT2D eigenvalue weighted by molar-refractivity contribution is 7.92. The van der Waals surface area contributed by atoms with Crippen molar-refractivity contribution >= 4 is 15.7 Å². The number of amides is 1. The van der Waals surface area contributed by atoms with Crippen molar-refractivity contribution in [1.29, 1.82) is 0 Å². The molecule has 0 spiro atoms. The monoisotopic (exact) mass is 347 g/mol. The van der Waals surface area contributed by atoms with Crippen LogP contribution in [0.25, 0.3) is 0 Å². The summed E-state index contributed by atoms with van der Waals surface area (Å²) >= 11 is 0. The minimum Gasteiger partial charge on any atom is -0.329 e. The standard InChI is InChI=1S/C15H16F3NO3S/c16-15(17,18)14(20)19-10-6-7-11(19)9-13(8-10)23(21,22)12-4-2-1-3-5-12/h1-5,10-11,13H,6-9H2. The number of rotatable bonds is 2. The second kappa shape index (κ2) is 5.51. The predicted molar refractivity (Wildman–Crippen MR) is 76.4 cm³/mol. The molecule has 4 nitrogen and oxygen atoms in total. The Bertz CT molecular complexity index is 688. The van der Waals surface area contributed by atoms with Gasteiger partial charge in [-0.25, -0.2) is 8.42 Å². The molecule has 2 heterocycles. The van der Waals surface area contributed by atoms with Gasteiger partial charge in [-0.2, -0.15) is 13.2 Å². The van der Waals surface area contributed by atoms with E-state index >= 15 is 0 Å². The Balaban J connectivity index is 1.83. The lowest BCUT2D eigenvalue weighted by atomic mass is 10.0. The molecule has 1 aromatic rings. The van der Waals surface area contributed by atoms with Gasteiger partial charge < -0.3 is 4.90 Å². The average Bonchev–Trinajstić information content (AvgIpc) is 2.75. The molecule has 0 aromatic heterocycles. The van der Waals surface area contributed by atoms with Gasteiger partial charge in [-0.15, -0.1) is 0 Å². The highest BCUT2D eigenvalue weighted by Crippen LogP contribution is 2.41. The van der Waals surface area contributed by atoms with Gasteiger partial charge in [0, 0.05) is 12.1 Å². The maximum absolute atomic E-state index is 12.7. The molecule has 126 valence electrons. The number of nitrogens with zero attached hydrogens (tertiary/aromatic N) is 1. The zero-order valence-corrected chi connectivity index (χ0v) is 13.0. The molecule has 0 N–H and O–H groups in total. The summed E-state index contributed by atoms with van der Waals surface area (Å²) in [7, 11) is -3.59. The first kappa shape index (κ1) is 16.3. The van der Waals surface area contributed by atoms with Crippen LogP contribution in [0.15, 0.2) is 35.2 Å². The molecule has 2 atom stereocenters. The Morgan fingerprint density at radius 1 is 1.04 bits per heavy atom. The third kappa shape index (κ3) is 2.84. The number of carbonyl (C=O) groups is 1. The van der Waals surface area contributed by atoms with Crippen molar-refractivity contribution in [3.05, 3.63) is 30.3 Å². The summed E-state index contributed by atoms with van der Waals surface area (Å²) in [5.41, 5.74) is 0. The summed E-state index contributed by atoms with van der Waals surface area (Å²) in [4.78, 5) is 12.6. The number of hydrogen-bond acceptors (Lipinski definition) is 3. The molecule has 0 aliphatic carbocycles. The molecule has 2 unspecified atom stereocenters. The highest BCUT2D eigenvalue weighted by atomic mass is 32.2. The SMILES string of the molecule is O=C(N1C2CCC1CC(S(=O)(=O)c1ccccc1)C2)C(F)(F)F. The van der Waals surface area contributed by atoms with Gasteiger partial charge in [0.2, 0.25) is 0 Å². The fourth-order valence-electron chi connectivity index (χ4n) is 3.66. The molecule has 8 heteroatoms. The third-order valence-electron chi connectivity index (χ3n) is 4.68. The van der Waals surface area contributed by atoms with Crippen LogP contribution in [-0.4, -0.2) is 42.7 Å². The second-order valence-electron chi connectivity index (χ2n) is 6.05. The van der Waals surface area contributed by atoms with E-state index < -0.39 is 39.3 Å². The Morgan fingerprint density at radius 3 is 2.04 bits per heavy atom. The summed E-state index contributed by atoms with van der Waals surface area (Å²) in [5.74, 6) is -1.85. The maximum atomic E-state index is 12.7. The van der Waals surface area contributed by atoms with Crippen molar-refractivity contribution in [1.82, 2.24) is 4.90 Å². The minimum atomic E-state index is -4.91. The molecule has 3 rings (SSSR count). The van der Waals surface area contributed by atoms with Gasteiger partial charge in [-0.1, -0.05) is 18.2 Å². The minimum absolute atomic E-state index is 0.0650. The number of fused-ring (bicyclic) bond motifs is 2. The largest absolute Gasteiger partial charge is 0.471 e. The van der Waals surface area contributed by atoms with Crippen LogP contribution in [0.4, 0.5) is 13.2 Å². The zero-order chi connectivity index (χ0) is 16.8. The van der Waals surface area contributed by atoms with E-state index in [0.717, 1.165) is 4.90 Å². The van der Waals surface area contributed by atoms with Crippen molar-refractivity contribution in [3.63, 3.8) is 0 Å². The van der Waals surface area contributed by atoms with Crippen molar-refractivity contribution in [2.75, 3.05) is 0 Å². The average molecular weight is 347 g/mol. The lowest BCUT2D eigenvalue weighted by Crippen LogP contribution is -2.53. The number of hydrogen-bond donors (Lipinski definition) is 0. The summed E-state index contributed by atoms with van der Waals surface area (Å²) in [6.45, 7) is 0. The van der Waals surface area contributed by atoms with Gasteiger partial charge in [0.05, 0.1) is 10.1 Å². The molecule has 0 saturated carbocycles. The molecule has 2 bridgehead atoms. The van der Waals surface area contributed by atoms with E-state index in [0.29, 0.717) is 12.8 Å². The summed E-state index contributed by atoms with van der Waals surface area (Å²) < 4.78 is 63.4. The fourth-order valence-corrected chi connectivity index (χ4v) is 5.53. The number of sulfone groups is 1. The molecule has 2 fully saturated rings. The van der Waals surface area contributed by atoms with Gasteiger partial charge in [-0.05, 0) is 37.8 Å². The molecule has 2 aliphatic rings. The summed E-state index contributed by atoms with van der Waals surface area (Å²) in [6, 6.07) is 6.62. The molecule has 1 amide bonds. The van der Waals surface area contributed by atoms with Crippen molar-refractivity contribution in [2.24, 2.45) is 0 Å². The first-order chi connectivity index (χ1) is 10.7. The normalized spacial score (nSPS) is 28.0. The fraction of sp³-hybridized carbons (Fsp3) is 0.533. The number of halogens is 3. The summed E-state index contributed by atoms with van der Waals surface area (Å²) in [5, 5.41) is -0.736. The van der Waals surface area contributed by atoms with E-state index in [1.54, 1.807) is 18.2 Å². The van der Waals surface area contributed by atoms with Gasteiger partial charge in [0.15, 0.2) is 9.84 Å². The van der Waals surface area contributed by atoms with E-state index in [2.05, 4.69) is 0 Å². The van der Waals surface area contributed by atoms with Crippen LogP contribution < -0.4 is 0 Å². The first-order valence-corrected chi connectivity index (χ1v) is 8.94. The van der Waals surface area contributed by atoms with E-state index in [9.17, 15) is 26.4 Å². The van der Waals surface area contributed by atoms with Crippen LogP contribution in [0, 0.1) is 0 Å². The van der Waals surface area contributed by atoms with Gasteiger partial charge in [0.1, 0.15) is 0 Å². The molecule has 0 radical (unpaired) electrons. The van der Waals surface area contributed by atoms with Crippen LogP contribution in [0.5, 0.6) is 0 Å². The maximum Gasteiger partial charge on any atom is 0.471 e. The Labute approximate surface area is 132 Å². The molecule has 2 aliphatic heterocycles. The third-order valence-corrected chi connectivity index (χ3v) is 6.87. The molecular weight excluding hydrogens is 331 g/mol. The van der Waals surface area contributed by atoms with Crippen LogP contribution in [0.1, 0.15) is 25.7 Å². The van der Waals surface area contributed by atoms with E-state index in [1.807, 2.05) is 0 Å². The smallest absolute Gasteiger partial charge is 0.329 e. The molecular formula is C15H16F3NO3S. The van der Waals surface area contributed by atoms with Gasteiger partial charge >= 0.3 is 12.1 Å². The molecule has 23 heavy (non-hydrogen) atoms. The van der Waals surface area contributed by atoms with E-state index in [-0.39, 0.29) is 17.7 Å². The van der Waals surface area contributed by atoms with Crippen LogP contribution >= 0.6 is 0 Å². The Hall–Kier alpha value is -1.57. The lowest BCUT2D eigenvalue weighted by Gasteiger charge is -2.38. The van der Waals surface area contributed by atoms with Crippen molar-refractivity contribution in [3.8, 4) is 0 Å². The Morgan fingerprint density at radius 2 is 1.57 bits per heavy atom. The summed E-state index contributed by atoms with van der Waals surface area (Å²) in [6.07, 6.45) is -3.93. The van der Waals surface area contributed by atoms with Crippen molar-refractivity contribution < 1.29 is 26.4 Å². The Kier molecular flexibility index (Phi) is 3.90. The first-order valence-electron chi connectivity index (χ1n) is 7.39. The van der Waals surface area contributed by atoms with Gasteiger partial charge in [0.25, 0.3) is 0 Å². The second-order valence-corrected chi connectivity index (χ2v) is 8.27.